The second-order valence-electron chi connectivity index (χ2n) is 3.89. The zero-order valence-corrected chi connectivity index (χ0v) is 9.47. The molecule has 0 amide bonds. The molecule has 0 bridgehead atoms. The number of ether oxygens (including phenoxy) is 1. The number of rotatable bonds is 3. The topological polar surface area (TPSA) is 22.1 Å². The van der Waals surface area contributed by atoms with Gasteiger partial charge in [0, 0.05) is 12.3 Å². The van der Waals surface area contributed by atoms with Crippen molar-refractivity contribution >= 4 is 0 Å². The van der Waals surface area contributed by atoms with E-state index in [0.717, 1.165) is 5.75 Å². The number of nitrogens with zero attached hydrogens (tertiary/aromatic N) is 1. The molecule has 81 valence electrons. The lowest BCUT2D eigenvalue weighted by molar-refractivity contribution is 0.454. The van der Waals surface area contributed by atoms with Crippen LogP contribution in [0.3, 0.4) is 0 Å². The van der Waals surface area contributed by atoms with Crippen LogP contribution in [0.2, 0.25) is 0 Å². The average molecular weight is 212 g/mol. The van der Waals surface area contributed by atoms with E-state index in [0.29, 0.717) is 11.8 Å². The number of hydrogen-bond donors (Lipinski definition) is 0. The first kappa shape index (κ1) is 10.7. The highest BCUT2D eigenvalue weighted by Crippen LogP contribution is 2.28. The summed E-state index contributed by atoms with van der Waals surface area (Å²) in [5, 5.41) is 0. The highest BCUT2D eigenvalue weighted by atomic mass is 16.5. The molecule has 2 rings (SSSR count). The van der Waals surface area contributed by atoms with Gasteiger partial charge in [0.2, 0.25) is 5.88 Å². The molecule has 0 aliphatic rings. The van der Waals surface area contributed by atoms with Gasteiger partial charge >= 0.3 is 0 Å². The normalized spacial score (nSPS) is 10.4. The van der Waals surface area contributed by atoms with Gasteiger partial charge in [-0.3, -0.25) is 0 Å². The van der Waals surface area contributed by atoms with E-state index in [4.69, 9.17) is 4.74 Å². The van der Waals surface area contributed by atoms with E-state index < -0.39 is 0 Å². The average Bonchev–Trinajstić information content (AvgIpc) is 2.31. The van der Waals surface area contributed by atoms with Crippen molar-refractivity contribution < 1.29 is 4.74 Å². The van der Waals surface area contributed by atoms with Crippen molar-refractivity contribution in [3.05, 3.63) is 54.2 Å². The van der Waals surface area contributed by atoms with Crippen molar-refractivity contribution in [3.8, 4) is 11.6 Å². The molecule has 16 heavy (non-hydrogen) atoms. The predicted octanol–water partition coefficient (Wildman–Crippen LogP) is 3.80. The first-order valence-corrected chi connectivity index (χ1v) is 5.36. The number of para-hydroxylation sites is 1. The quantitative estimate of drug-likeness (QED) is 0.772. The van der Waals surface area contributed by atoms with Crippen molar-refractivity contribution in [1.82, 2.24) is 4.98 Å². The Morgan fingerprint density at radius 2 is 2.06 bits per heavy atom. The van der Waals surface area contributed by atoms with Crippen molar-refractivity contribution in [2.24, 2.45) is 0 Å². The third-order valence-electron chi connectivity index (χ3n) is 2.33. The van der Waals surface area contributed by atoms with Crippen LogP contribution in [0, 0.1) is 6.07 Å². The molecule has 1 heterocycles. The molecule has 0 saturated carbocycles. The van der Waals surface area contributed by atoms with E-state index in [9.17, 15) is 0 Å². The molecule has 0 unspecified atom stereocenters. The van der Waals surface area contributed by atoms with E-state index in [1.54, 1.807) is 18.3 Å². The van der Waals surface area contributed by atoms with Crippen molar-refractivity contribution in [1.29, 1.82) is 0 Å². The van der Waals surface area contributed by atoms with Gasteiger partial charge in [-0.15, -0.1) is 0 Å². The van der Waals surface area contributed by atoms with Crippen LogP contribution < -0.4 is 4.74 Å². The first-order chi connectivity index (χ1) is 7.77. The molecule has 1 aromatic carbocycles. The van der Waals surface area contributed by atoms with Gasteiger partial charge in [0.25, 0.3) is 0 Å². The van der Waals surface area contributed by atoms with E-state index in [1.165, 1.54) is 5.56 Å². The Balaban J connectivity index is 2.28. The van der Waals surface area contributed by atoms with Crippen molar-refractivity contribution in [2.45, 2.75) is 19.8 Å². The summed E-state index contributed by atoms with van der Waals surface area (Å²) in [5.41, 5.74) is 1.19. The predicted molar refractivity (Wildman–Crippen MR) is 63.7 cm³/mol. The van der Waals surface area contributed by atoms with Crippen LogP contribution >= 0.6 is 0 Å². The fourth-order valence-corrected chi connectivity index (χ4v) is 1.53. The largest absolute Gasteiger partial charge is 0.439 e. The molecule has 2 heteroatoms. The monoisotopic (exact) mass is 212 g/mol. The van der Waals surface area contributed by atoms with Crippen LogP contribution in [0.1, 0.15) is 25.3 Å². The Kier molecular flexibility index (Phi) is 3.20. The summed E-state index contributed by atoms with van der Waals surface area (Å²) in [6, 6.07) is 14.5. The molecule has 0 N–H and O–H groups in total. The zero-order valence-electron chi connectivity index (χ0n) is 9.47. The highest BCUT2D eigenvalue weighted by Gasteiger charge is 2.07. The molecule has 0 spiro atoms. The highest BCUT2D eigenvalue weighted by molar-refractivity contribution is 5.37. The second-order valence-corrected chi connectivity index (χ2v) is 3.89. The van der Waals surface area contributed by atoms with Gasteiger partial charge in [0.1, 0.15) is 5.75 Å². The van der Waals surface area contributed by atoms with E-state index >= 15 is 0 Å². The minimum atomic E-state index is 0.434. The molecular formula is C14H14NO. The molecule has 1 radical (unpaired) electrons. The maximum atomic E-state index is 5.73. The minimum Gasteiger partial charge on any atom is -0.439 e. The number of pyridine rings is 1. The summed E-state index contributed by atoms with van der Waals surface area (Å²) in [6.07, 6.45) is 1.67. The lowest BCUT2D eigenvalue weighted by atomic mass is 10.0. The number of benzene rings is 1. The molecule has 0 saturated heterocycles. The van der Waals surface area contributed by atoms with Crippen LogP contribution in [0.4, 0.5) is 0 Å². The Hall–Kier alpha value is -1.83. The van der Waals surface area contributed by atoms with Gasteiger partial charge in [-0.2, -0.15) is 0 Å². The summed E-state index contributed by atoms with van der Waals surface area (Å²) < 4.78 is 5.73. The lowest BCUT2D eigenvalue weighted by Gasteiger charge is -2.12. The molecule has 0 fully saturated rings. The van der Waals surface area contributed by atoms with Gasteiger partial charge in [-0.05, 0) is 29.7 Å². The third-order valence-corrected chi connectivity index (χ3v) is 2.33. The maximum Gasteiger partial charge on any atom is 0.219 e. The molecule has 0 aliphatic carbocycles. The molecule has 0 aliphatic heterocycles. The van der Waals surface area contributed by atoms with E-state index in [-0.39, 0.29) is 0 Å². The van der Waals surface area contributed by atoms with Crippen LogP contribution in [0.15, 0.2) is 42.6 Å². The summed E-state index contributed by atoms with van der Waals surface area (Å²) in [6.45, 7) is 4.29. The fourth-order valence-electron chi connectivity index (χ4n) is 1.53. The molecule has 1 aromatic heterocycles. The van der Waals surface area contributed by atoms with Crippen LogP contribution in [0.5, 0.6) is 11.6 Å². The van der Waals surface area contributed by atoms with Gasteiger partial charge in [-0.1, -0.05) is 32.0 Å². The van der Waals surface area contributed by atoms with Crippen molar-refractivity contribution in [2.75, 3.05) is 0 Å². The number of aromatic nitrogens is 1. The van der Waals surface area contributed by atoms with E-state index in [2.05, 4.69) is 31.0 Å². The Bertz CT molecular complexity index is 451. The smallest absolute Gasteiger partial charge is 0.219 e. The van der Waals surface area contributed by atoms with Crippen LogP contribution in [-0.4, -0.2) is 4.98 Å². The molecule has 2 aromatic rings. The number of hydrogen-bond acceptors (Lipinski definition) is 2. The van der Waals surface area contributed by atoms with Gasteiger partial charge in [0.05, 0.1) is 0 Å². The minimum absolute atomic E-state index is 0.434. The SMILES string of the molecule is CC(C)c1ccccc1Oc1c[c]ccn1. The Morgan fingerprint density at radius 1 is 1.25 bits per heavy atom. The summed E-state index contributed by atoms with van der Waals surface area (Å²) in [7, 11) is 0. The summed E-state index contributed by atoms with van der Waals surface area (Å²) >= 11 is 0. The first-order valence-electron chi connectivity index (χ1n) is 5.36. The summed E-state index contributed by atoms with van der Waals surface area (Å²) in [5.74, 6) is 1.88. The van der Waals surface area contributed by atoms with Crippen LogP contribution in [-0.2, 0) is 0 Å². The van der Waals surface area contributed by atoms with Gasteiger partial charge in [0.15, 0.2) is 0 Å². The standard InChI is InChI=1S/C14H14NO/c1-11(2)12-7-3-4-8-13(12)16-14-9-5-6-10-15-14/h3-4,6-11H,1-2H3. The molecule has 0 atom stereocenters. The molecule has 2 nitrogen and oxygen atoms in total. The Labute approximate surface area is 95.9 Å². The van der Waals surface area contributed by atoms with Gasteiger partial charge in [-0.25, -0.2) is 4.98 Å². The third kappa shape index (κ3) is 2.40. The van der Waals surface area contributed by atoms with Crippen molar-refractivity contribution in [3.63, 3.8) is 0 Å². The van der Waals surface area contributed by atoms with E-state index in [1.807, 2.05) is 18.2 Å². The summed E-state index contributed by atoms with van der Waals surface area (Å²) in [4.78, 5) is 4.12. The maximum absolute atomic E-state index is 5.73. The lowest BCUT2D eigenvalue weighted by Crippen LogP contribution is -1.94. The Morgan fingerprint density at radius 3 is 2.75 bits per heavy atom. The fraction of sp³-hybridized carbons (Fsp3) is 0.214. The van der Waals surface area contributed by atoms with Gasteiger partial charge < -0.3 is 4.74 Å². The zero-order chi connectivity index (χ0) is 11.4. The molecular weight excluding hydrogens is 198 g/mol. The second kappa shape index (κ2) is 4.79. The van der Waals surface area contributed by atoms with Crippen LogP contribution in [0.25, 0.3) is 0 Å².